The number of nitro benzene ring substituents is 1. The summed E-state index contributed by atoms with van der Waals surface area (Å²) in [7, 11) is 0. The monoisotopic (exact) mass is 356 g/mol. The number of nitriles is 1. The van der Waals surface area contributed by atoms with Crippen molar-refractivity contribution >= 4 is 17.3 Å². The average molecular weight is 357 g/mol. The van der Waals surface area contributed by atoms with Gasteiger partial charge in [-0.15, -0.1) is 10.2 Å². The molecule has 0 saturated heterocycles. The van der Waals surface area contributed by atoms with Crippen molar-refractivity contribution in [2.24, 2.45) is 0 Å². The Bertz CT molecular complexity index is 963. The second-order valence-corrected chi connectivity index (χ2v) is 5.26. The van der Waals surface area contributed by atoms with E-state index in [-0.39, 0.29) is 24.1 Å². The summed E-state index contributed by atoms with van der Waals surface area (Å²) in [4.78, 5) is 10.2. The van der Waals surface area contributed by atoms with Gasteiger partial charge in [0.25, 0.3) is 11.6 Å². The predicted molar refractivity (Wildman–Crippen MR) is 86.9 cm³/mol. The molecular formula is C16H9ClN4O4. The first-order chi connectivity index (χ1) is 12.1. The minimum Gasteiger partial charge on any atom is -0.482 e. The predicted octanol–water partition coefficient (Wildman–Crippen LogP) is 3.75. The molecular weight excluding hydrogens is 348 g/mol. The van der Waals surface area contributed by atoms with Gasteiger partial charge in [-0.3, -0.25) is 10.1 Å². The van der Waals surface area contributed by atoms with Crippen LogP contribution in [0.1, 0.15) is 11.5 Å². The van der Waals surface area contributed by atoms with Crippen LogP contribution < -0.4 is 4.74 Å². The number of ether oxygens (including phenoxy) is 1. The molecule has 25 heavy (non-hydrogen) atoms. The highest BCUT2D eigenvalue weighted by Crippen LogP contribution is 2.26. The van der Waals surface area contributed by atoms with Gasteiger partial charge in [-0.25, -0.2) is 0 Å². The Morgan fingerprint density at radius 3 is 2.64 bits per heavy atom. The van der Waals surface area contributed by atoms with Gasteiger partial charge < -0.3 is 9.15 Å². The Morgan fingerprint density at radius 2 is 2.00 bits per heavy atom. The SMILES string of the molecule is N#Cc1ccc(OCc2nnc(-c3ccc([N+](=O)[O-])cc3)o2)c(Cl)c1. The maximum absolute atomic E-state index is 10.6. The molecule has 3 aromatic rings. The van der Waals surface area contributed by atoms with Crippen molar-refractivity contribution in [1.82, 2.24) is 10.2 Å². The van der Waals surface area contributed by atoms with Crippen LogP contribution in [0.2, 0.25) is 5.02 Å². The summed E-state index contributed by atoms with van der Waals surface area (Å²) in [5.41, 5.74) is 0.957. The lowest BCUT2D eigenvalue weighted by molar-refractivity contribution is -0.384. The van der Waals surface area contributed by atoms with E-state index in [0.717, 1.165) is 0 Å². The molecule has 3 rings (SSSR count). The minimum atomic E-state index is -0.488. The van der Waals surface area contributed by atoms with E-state index in [1.807, 2.05) is 6.07 Å². The fourth-order valence-corrected chi connectivity index (χ4v) is 2.22. The molecule has 1 heterocycles. The highest BCUT2D eigenvalue weighted by molar-refractivity contribution is 6.32. The first-order valence-corrected chi connectivity index (χ1v) is 7.34. The maximum Gasteiger partial charge on any atom is 0.269 e. The first kappa shape index (κ1) is 16.4. The largest absolute Gasteiger partial charge is 0.482 e. The van der Waals surface area contributed by atoms with Crippen molar-refractivity contribution in [2.75, 3.05) is 0 Å². The van der Waals surface area contributed by atoms with Gasteiger partial charge in [0.1, 0.15) is 5.75 Å². The van der Waals surface area contributed by atoms with Gasteiger partial charge in [0.2, 0.25) is 5.89 Å². The van der Waals surface area contributed by atoms with E-state index in [0.29, 0.717) is 21.9 Å². The van der Waals surface area contributed by atoms with Crippen molar-refractivity contribution in [2.45, 2.75) is 6.61 Å². The van der Waals surface area contributed by atoms with E-state index >= 15 is 0 Å². The van der Waals surface area contributed by atoms with Gasteiger partial charge in [0.05, 0.1) is 21.6 Å². The molecule has 0 N–H and O–H groups in total. The number of non-ortho nitro benzene ring substituents is 1. The second kappa shape index (κ2) is 6.98. The van der Waals surface area contributed by atoms with Gasteiger partial charge in [0.15, 0.2) is 6.61 Å². The highest BCUT2D eigenvalue weighted by Gasteiger charge is 2.12. The van der Waals surface area contributed by atoms with Gasteiger partial charge >= 0.3 is 0 Å². The lowest BCUT2D eigenvalue weighted by atomic mass is 10.2. The summed E-state index contributed by atoms with van der Waals surface area (Å²) in [6.07, 6.45) is 0. The van der Waals surface area contributed by atoms with Crippen molar-refractivity contribution < 1.29 is 14.1 Å². The molecule has 0 aliphatic heterocycles. The third kappa shape index (κ3) is 3.73. The molecule has 0 radical (unpaired) electrons. The van der Waals surface area contributed by atoms with Crippen LogP contribution in [0.15, 0.2) is 46.9 Å². The number of hydrogen-bond donors (Lipinski definition) is 0. The number of rotatable bonds is 5. The summed E-state index contributed by atoms with van der Waals surface area (Å²) in [5, 5.41) is 27.5. The van der Waals surface area contributed by atoms with Crippen LogP contribution in [0, 0.1) is 21.4 Å². The van der Waals surface area contributed by atoms with E-state index in [1.165, 1.54) is 30.3 Å². The molecule has 0 spiro atoms. The number of benzene rings is 2. The summed E-state index contributed by atoms with van der Waals surface area (Å²) in [6, 6.07) is 12.4. The summed E-state index contributed by atoms with van der Waals surface area (Å²) in [6.45, 7) is -0.00833. The Hall–Kier alpha value is -3.44. The minimum absolute atomic E-state index is 0.00833. The molecule has 0 fully saturated rings. The van der Waals surface area contributed by atoms with Crippen LogP contribution >= 0.6 is 11.6 Å². The number of hydrogen-bond acceptors (Lipinski definition) is 7. The Morgan fingerprint density at radius 1 is 1.24 bits per heavy atom. The Kier molecular flexibility index (Phi) is 4.59. The Balaban J connectivity index is 1.69. The van der Waals surface area contributed by atoms with Crippen molar-refractivity contribution in [3.8, 4) is 23.3 Å². The molecule has 1 aromatic heterocycles. The molecule has 8 nitrogen and oxygen atoms in total. The number of halogens is 1. The summed E-state index contributed by atoms with van der Waals surface area (Å²) < 4.78 is 11.0. The molecule has 0 atom stereocenters. The third-order valence-corrected chi connectivity index (χ3v) is 3.50. The second-order valence-electron chi connectivity index (χ2n) is 4.85. The summed E-state index contributed by atoms with van der Waals surface area (Å²) >= 11 is 6.02. The van der Waals surface area contributed by atoms with Gasteiger partial charge in [-0.2, -0.15) is 5.26 Å². The van der Waals surface area contributed by atoms with Crippen LogP contribution in [0.5, 0.6) is 5.75 Å². The summed E-state index contributed by atoms with van der Waals surface area (Å²) in [5.74, 6) is 0.823. The maximum atomic E-state index is 10.6. The quantitative estimate of drug-likeness (QED) is 0.505. The van der Waals surface area contributed by atoms with Crippen LogP contribution in [0.25, 0.3) is 11.5 Å². The fourth-order valence-electron chi connectivity index (χ4n) is 1.98. The molecule has 0 aliphatic carbocycles. The lowest BCUT2D eigenvalue weighted by Crippen LogP contribution is -1.96. The molecule has 0 saturated carbocycles. The fraction of sp³-hybridized carbons (Fsp3) is 0.0625. The number of aromatic nitrogens is 2. The van der Waals surface area contributed by atoms with Gasteiger partial charge in [-0.1, -0.05) is 11.6 Å². The third-order valence-electron chi connectivity index (χ3n) is 3.20. The molecule has 2 aromatic carbocycles. The van der Waals surface area contributed by atoms with Gasteiger partial charge in [0, 0.05) is 17.7 Å². The van der Waals surface area contributed by atoms with E-state index in [2.05, 4.69) is 10.2 Å². The van der Waals surface area contributed by atoms with E-state index in [1.54, 1.807) is 12.1 Å². The number of nitro groups is 1. The zero-order valence-electron chi connectivity index (χ0n) is 12.5. The normalized spacial score (nSPS) is 10.2. The first-order valence-electron chi connectivity index (χ1n) is 6.96. The van der Waals surface area contributed by atoms with E-state index < -0.39 is 4.92 Å². The van der Waals surface area contributed by atoms with Crippen molar-refractivity contribution in [3.05, 3.63) is 69.1 Å². The zero-order chi connectivity index (χ0) is 17.8. The molecule has 0 aliphatic rings. The van der Waals surface area contributed by atoms with E-state index in [9.17, 15) is 10.1 Å². The molecule has 0 amide bonds. The van der Waals surface area contributed by atoms with Gasteiger partial charge in [-0.05, 0) is 30.3 Å². The Labute approximate surface area is 146 Å². The van der Waals surface area contributed by atoms with Crippen molar-refractivity contribution in [3.63, 3.8) is 0 Å². The molecule has 0 bridgehead atoms. The van der Waals surface area contributed by atoms with Crippen LogP contribution in [-0.4, -0.2) is 15.1 Å². The van der Waals surface area contributed by atoms with Crippen LogP contribution in [0.3, 0.4) is 0 Å². The molecule has 9 heteroatoms. The smallest absolute Gasteiger partial charge is 0.269 e. The molecule has 124 valence electrons. The zero-order valence-corrected chi connectivity index (χ0v) is 13.3. The topological polar surface area (TPSA) is 115 Å². The van der Waals surface area contributed by atoms with Crippen LogP contribution in [-0.2, 0) is 6.61 Å². The standard InChI is InChI=1S/C16H9ClN4O4/c17-13-7-10(8-18)1-6-14(13)24-9-15-19-20-16(25-15)11-2-4-12(5-3-11)21(22)23/h1-7H,9H2. The lowest BCUT2D eigenvalue weighted by Gasteiger charge is -2.05. The number of nitrogens with zero attached hydrogens (tertiary/aromatic N) is 4. The average Bonchev–Trinajstić information content (AvgIpc) is 3.09. The van der Waals surface area contributed by atoms with Crippen molar-refractivity contribution in [1.29, 1.82) is 5.26 Å². The highest BCUT2D eigenvalue weighted by atomic mass is 35.5. The van der Waals surface area contributed by atoms with E-state index in [4.69, 9.17) is 26.0 Å². The molecule has 0 unspecified atom stereocenters. The van der Waals surface area contributed by atoms with Crippen LogP contribution in [0.4, 0.5) is 5.69 Å².